The lowest BCUT2D eigenvalue weighted by Crippen LogP contribution is -2.30. The highest BCUT2D eigenvalue weighted by molar-refractivity contribution is 5.71. The van der Waals surface area contributed by atoms with Crippen molar-refractivity contribution in [1.29, 1.82) is 0 Å². The van der Waals surface area contributed by atoms with Crippen LogP contribution < -0.4 is 0 Å². The Hall–Kier alpha value is -1.59. The van der Waals surface area contributed by atoms with Gasteiger partial charge in [0.2, 0.25) is 0 Å². The molecule has 0 fully saturated rings. The van der Waals surface area contributed by atoms with E-state index in [0.29, 0.717) is 19.3 Å². The second kappa shape index (κ2) is 50.4. The first-order valence-corrected chi connectivity index (χ1v) is 27.9. The van der Waals surface area contributed by atoms with E-state index in [2.05, 4.69) is 27.7 Å². The van der Waals surface area contributed by atoms with Crippen LogP contribution in [0.1, 0.15) is 317 Å². The number of hydrogen-bond donors (Lipinski definition) is 0. The van der Waals surface area contributed by atoms with Gasteiger partial charge >= 0.3 is 17.9 Å². The Morgan fingerprint density at radius 1 is 0.323 bits per heavy atom. The van der Waals surface area contributed by atoms with E-state index in [1.807, 2.05) is 0 Å². The van der Waals surface area contributed by atoms with E-state index in [-0.39, 0.29) is 31.1 Å². The zero-order chi connectivity index (χ0) is 45.2. The normalized spacial score (nSPS) is 12.4. The van der Waals surface area contributed by atoms with Gasteiger partial charge in [-0.25, -0.2) is 0 Å². The molecular formula is C56H108O6. The van der Waals surface area contributed by atoms with Crippen LogP contribution in [0.25, 0.3) is 0 Å². The first kappa shape index (κ1) is 60.4. The van der Waals surface area contributed by atoms with E-state index < -0.39 is 6.10 Å². The highest BCUT2D eigenvalue weighted by atomic mass is 16.6. The Bertz CT molecular complexity index is 935. The van der Waals surface area contributed by atoms with Crippen molar-refractivity contribution >= 4 is 17.9 Å². The molecule has 6 nitrogen and oxygen atoms in total. The van der Waals surface area contributed by atoms with Gasteiger partial charge in [-0.3, -0.25) is 14.4 Å². The van der Waals surface area contributed by atoms with Gasteiger partial charge in [0.1, 0.15) is 13.2 Å². The molecule has 0 N–H and O–H groups in total. The van der Waals surface area contributed by atoms with Crippen LogP contribution in [0.15, 0.2) is 0 Å². The van der Waals surface area contributed by atoms with Gasteiger partial charge in [-0.1, -0.05) is 278 Å². The third-order valence-electron chi connectivity index (χ3n) is 13.2. The summed E-state index contributed by atoms with van der Waals surface area (Å²) >= 11 is 0. The van der Waals surface area contributed by atoms with Crippen LogP contribution in [0.2, 0.25) is 0 Å². The molecule has 62 heavy (non-hydrogen) atoms. The molecule has 0 aliphatic heterocycles. The Morgan fingerprint density at radius 2 is 0.565 bits per heavy atom. The Labute approximate surface area is 387 Å². The topological polar surface area (TPSA) is 78.9 Å². The lowest BCUT2D eigenvalue weighted by atomic mass is 9.99. The third kappa shape index (κ3) is 47.9. The minimum Gasteiger partial charge on any atom is -0.462 e. The molecule has 0 heterocycles. The molecule has 0 rings (SSSR count). The van der Waals surface area contributed by atoms with Crippen LogP contribution in [-0.4, -0.2) is 37.2 Å². The predicted molar refractivity (Wildman–Crippen MR) is 266 cm³/mol. The first-order chi connectivity index (χ1) is 30.4. The highest BCUT2D eigenvalue weighted by Crippen LogP contribution is 2.18. The number of unbranched alkanes of at least 4 members (excludes halogenated alkanes) is 37. The summed E-state index contributed by atoms with van der Waals surface area (Å²) in [4.78, 5) is 38.0. The smallest absolute Gasteiger partial charge is 0.306 e. The molecule has 0 aromatic heterocycles. The molecule has 0 radical (unpaired) electrons. The van der Waals surface area contributed by atoms with Crippen molar-refractivity contribution in [2.75, 3.05) is 13.2 Å². The first-order valence-electron chi connectivity index (χ1n) is 27.9. The molecule has 0 spiro atoms. The maximum Gasteiger partial charge on any atom is 0.306 e. The van der Waals surface area contributed by atoms with Crippen molar-refractivity contribution in [2.24, 2.45) is 5.92 Å². The van der Waals surface area contributed by atoms with Crippen LogP contribution in [0, 0.1) is 5.92 Å². The minimum absolute atomic E-state index is 0.0625. The van der Waals surface area contributed by atoms with E-state index in [0.717, 1.165) is 63.7 Å². The third-order valence-corrected chi connectivity index (χ3v) is 13.2. The molecule has 1 unspecified atom stereocenters. The van der Waals surface area contributed by atoms with Gasteiger partial charge in [-0.05, 0) is 25.2 Å². The second-order valence-corrected chi connectivity index (χ2v) is 19.5. The highest BCUT2D eigenvalue weighted by Gasteiger charge is 2.19. The summed E-state index contributed by atoms with van der Waals surface area (Å²) in [6.45, 7) is 9.05. The van der Waals surface area contributed by atoms with E-state index >= 15 is 0 Å². The largest absolute Gasteiger partial charge is 0.462 e. The average molecular weight is 877 g/mol. The van der Waals surface area contributed by atoms with Crippen molar-refractivity contribution < 1.29 is 28.6 Å². The SMILES string of the molecule is CCCCCCCCCCCCCCCCCCCC(=O)OC[C@@H](COC(=O)CCCCCCCCCCC(C)CC)OC(=O)CCCCCCCCCCCCCCCCC. The quantitative estimate of drug-likeness (QED) is 0.0344. The fraction of sp³-hybridized carbons (Fsp3) is 0.946. The van der Waals surface area contributed by atoms with Crippen LogP contribution in [-0.2, 0) is 28.6 Å². The predicted octanol–water partition coefficient (Wildman–Crippen LogP) is 18.2. The van der Waals surface area contributed by atoms with Gasteiger partial charge in [0.15, 0.2) is 6.10 Å². The Kier molecular flexibility index (Phi) is 49.1. The molecule has 0 aliphatic rings. The van der Waals surface area contributed by atoms with Crippen LogP contribution in [0.4, 0.5) is 0 Å². The maximum atomic E-state index is 12.8. The Morgan fingerprint density at radius 3 is 0.839 bits per heavy atom. The number of carbonyl (C=O) groups is 3. The zero-order valence-corrected chi connectivity index (χ0v) is 42.3. The lowest BCUT2D eigenvalue weighted by molar-refractivity contribution is -0.167. The molecule has 0 aromatic carbocycles. The molecule has 0 aromatic rings. The van der Waals surface area contributed by atoms with Gasteiger partial charge in [-0.2, -0.15) is 0 Å². The molecule has 0 saturated carbocycles. The summed E-state index contributed by atoms with van der Waals surface area (Å²) in [7, 11) is 0. The lowest BCUT2D eigenvalue weighted by Gasteiger charge is -2.18. The van der Waals surface area contributed by atoms with Crippen LogP contribution >= 0.6 is 0 Å². The van der Waals surface area contributed by atoms with Crippen LogP contribution in [0.3, 0.4) is 0 Å². The maximum absolute atomic E-state index is 12.8. The average Bonchev–Trinajstić information content (AvgIpc) is 3.27. The van der Waals surface area contributed by atoms with Crippen molar-refractivity contribution in [3.8, 4) is 0 Å². The fourth-order valence-electron chi connectivity index (χ4n) is 8.54. The summed E-state index contributed by atoms with van der Waals surface area (Å²) in [5.74, 6) is 0.00787. The van der Waals surface area contributed by atoms with Crippen LogP contribution in [0.5, 0.6) is 0 Å². The van der Waals surface area contributed by atoms with Crippen molar-refractivity contribution in [3.63, 3.8) is 0 Å². The van der Waals surface area contributed by atoms with Gasteiger partial charge in [0.05, 0.1) is 0 Å². The molecule has 0 aliphatic carbocycles. The standard InChI is InChI=1S/C56H108O6/c1-5-8-10-12-14-16-18-20-22-23-25-26-28-30-35-39-43-47-54(57)60-50-53(51-61-55(58)48-44-40-36-33-32-34-38-42-46-52(4)7-3)62-56(59)49-45-41-37-31-29-27-24-21-19-17-15-13-11-9-6-2/h52-53H,5-51H2,1-4H3/t52?,53-/m0/s1. The van der Waals surface area contributed by atoms with Gasteiger partial charge in [0, 0.05) is 19.3 Å². The molecule has 0 saturated heterocycles. The van der Waals surface area contributed by atoms with Crippen molar-refractivity contribution in [3.05, 3.63) is 0 Å². The van der Waals surface area contributed by atoms with E-state index in [1.165, 1.54) is 212 Å². The molecule has 2 atom stereocenters. The van der Waals surface area contributed by atoms with Crippen molar-refractivity contribution in [1.82, 2.24) is 0 Å². The fourth-order valence-corrected chi connectivity index (χ4v) is 8.54. The van der Waals surface area contributed by atoms with E-state index in [9.17, 15) is 14.4 Å². The molecule has 6 heteroatoms. The Balaban J connectivity index is 4.29. The molecular weight excluding hydrogens is 769 g/mol. The summed E-state index contributed by atoms with van der Waals surface area (Å²) in [6, 6.07) is 0. The molecule has 0 amide bonds. The number of rotatable bonds is 51. The van der Waals surface area contributed by atoms with E-state index in [1.54, 1.807) is 0 Å². The number of esters is 3. The zero-order valence-electron chi connectivity index (χ0n) is 42.3. The summed E-state index contributed by atoms with van der Waals surface area (Å²) in [5, 5.41) is 0. The molecule has 0 bridgehead atoms. The van der Waals surface area contributed by atoms with E-state index in [4.69, 9.17) is 14.2 Å². The summed E-state index contributed by atoms with van der Waals surface area (Å²) < 4.78 is 16.9. The summed E-state index contributed by atoms with van der Waals surface area (Å²) in [5.41, 5.74) is 0. The van der Waals surface area contributed by atoms with Gasteiger partial charge < -0.3 is 14.2 Å². The second-order valence-electron chi connectivity index (χ2n) is 19.5. The van der Waals surface area contributed by atoms with Crippen molar-refractivity contribution in [2.45, 2.75) is 323 Å². The monoisotopic (exact) mass is 877 g/mol. The minimum atomic E-state index is -0.761. The van der Waals surface area contributed by atoms with Gasteiger partial charge in [-0.15, -0.1) is 0 Å². The van der Waals surface area contributed by atoms with Gasteiger partial charge in [0.25, 0.3) is 0 Å². The summed E-state index contributed by atoms with van der Waals surface area (Å²) in [6.07, 6.45) is 53.7. The number of hydrogen-bond acceptors (Lipinski definition) is 6. The molecule has 368 valence electrons. The number of carbonyl (C=O) groups excluding carboxylic acids is 3. The number of ether oxygens (including phenoxy) is 3.